The van der Waals surface area contributed by atoms with E-state index in [1.807, 2.05) is 0 Å². The van der Waals surface area contributed by atoms with Gasteiger partial charge in [0.25, 0.3) is 0 Å². The van der Waals surface area contributed by atoms with Crippen LogP contribution in [0.5, 0.6) is 0 Å². The fourth-order valence-corrected chi connectivity index (χ4v) is 4.02. The first-order chi connectivity index (χ1) is 9.94. The third-order valence-electron chi connectivity index (χ3n) is 3.38. The predicted molar refractivity (Wildman–Crippen MR) is 72.7 cm³/mol. The standard InChI is InChI=1S/C13H12N2O5S/c16-13(17)9-3-1-2-8(6-9)11-14-15-12(20-11)10-4-5-21(18,19)7-10/h1-3,6,10H,4-5,7H2,(H,16,17). The number of rotatable bonds is 3. The fraction of sp³-hybridized carbons (Fsp3) is 0.308. The highest BCUT2D eigenvalue weighted by molar-refractivity contribution is 7.91. The van der Waals surface area contributed by atoms with Crippen molar-refractivity contribution in [3.8, 4) is 11.5 Å². The Morgan fingerprint density at radius 1 is 1.33 bits per heavy atom. The minimum absolute atomic E-state index is 0.0177. The van der Waals surface area contributed by atoms with Crippen molar-refractivity contribution >= 4 is 15.8 Å². The van der Waals surface area contributed by atoms with Crippen molar-refractivity contribution in [3.63, 3.8) is 0 Å². The number of hydrogen-bond donors (Lipinski definition) is 1. The molecule has 110 valence electrons. The molecule has 1 saturated heterocycles. The van der Waals surface area contributed by atoms with Crippen LogP contribution in [0.1, 0.15) is 28.6 Å². The van der Waals surface area contributed by atoms with Gasteiger partial charge in [-0.25, -0.2) is 13.2 Å². The number of nitrogens with zero attached hydrogens (tertiary/aromatic N) is 2. The van der Waals surface area contributed by atoms with E-state index in [1.165, 1.54) is 12.1 Å². The van der Waals surface area contributed by atoms with Gasteiger partial charge in [-0.3, -0.25) is 0 Å². The fourth-order valence-electron chi connectivity index (χ4n) is 2.29. The maximum Gasteiger partial charge on any atom is 0.335 e. The van der Waals surface area contributed by atoms with Crippen LogP contribution in [-0.4, -0.2) is 41.2 Å². The Hall–Kier alpha value is -2.22. The molecule has 3 rings (SSSR count). The minimum Gasteiger partial charge on any atom is -0.478 e. The first-order valence-electron chi connectivity index (χ1n) is 6.32. The lowest BCUT2D eigenvalue weighted by Gasteiger charge is -2.00. The van der Waals surface area contributed by atoms with Gasteiger partial charge in [0.2, 0.25) is 11.8 Å². The molecule has 2 aromatic rings. The number of hydrogen-bond acceptors (Lipinski definition) is 6. The molecule has 1 aliphatic rings. The topological polar surface area (TPSA) is 110 Å². The molecule has 0 amide bonds. The highest BCUT2D eigenvalue weighted by Gasteiger charge is 2.32. The summed E-state index contributed by atoms with van der Waals surface area (Å²) in [7, 11) is -3.02. The van der Waals surface area contributed by atoms with Crippen LogP contribution in [0, 0.1) is 0 Å². The second-order valence-corrected chi connectivity index (χ2v) is 7.16. The molecule has 1 unspecified atom stereocenters. The first-order valence-corrected chi connectivity index (χ1v) is 8.14. The molecule has 0 aliphatic carbocycles. The number of aromatic carboxylic acids is 1. The SMILES string of the molecule is O=C(O)c1cccc(-c2nnc(C3CCS(=O)(=O)C3)o2)c1. The quantitative estimate of drug-likeness (QED) is 0.910. The van der Waals surface area contributed by atoms with Gasteiger partial charge in [0, 0.05) is 5.56 Å². The molecule has 0 radical (unpaired) electrons. The zero-order valence-corrected chi connectivity index (χ0v) is 11.7. The second kappa shape index (κ2) is 4.96. The molecule has 1 N–H and O–H groups in total. The van der Waals surface area contributed by atoms with E-state index < -0.39 is 15.8 Å². The summed E-state index contributed by atoms with van der Waals surface area (Å²) in [6.45, 7) is 0. The lowest BCUT2D eigenvalue weighted by Crippen LogP contribution is -2.03. The lowest BCUT2D eigenvalue weighted by molar-refractivity contribution is 0.0697. The average molecular weight is 308 g/mol. The van der Waals surface area contributed by atoms with Gasteiger partial charge in [0.1, 0.15) is 0 Å². The van der Waals surface area contributed by atoms with Gasteiger partial charge in [0.15, 0.2) is 9.84 Å². The molecule has 0 bridgehead atoms. The molecular weight excluding hydrogens is 296 g/mol. The van der Waals surface area contributed by atoms with Crippen molar-refractivity contribution in [3.05, 3.63) is 35.7 Å². The van der Waals surface area contributed by atoms with E-state index >= 15 is 0 Å². The average Bonchev–Trinajstić information content (AvgIpc) is 3.05. The number of aromatic nitrogens is 2. The molecule has 21 heavy (non-hydrogen) atoms. The smallest absolute Gasteiger partial charge is 0.335 e. The van der Waals surface area contributed by atoms with E-state index in [0.717, 1.165) is 0 Å². The van der Waals surface area contributed by atoms with Crippen LogP contribution in [0.25, 0.3) is 11.5 Å². The number of benzene rings is 1. The summed E-state index contributed by atoms with van der Waals surface area (Å²) in [6.07, 6.45) is 0.471. The van der Waals surface area contributed by atoms with E-state index in [2.05, 4.69) is 10.2 Å². The predicted octanol–water partition coefficient (Wildman–Crippen LogP) is 1.34. The van der Waals surface area contributed by atoms with Gasteiger partial charge in [-0.1, -0.05) is 6.07 Å². The van der Waals surface area contributed by atoms with E-state index in [1.54, 1.807) is 12.1 Å². The maximum absolute atomic E-state index is 11.5. The van der Waals surface area contributed by atoms with Crippen molar-refractivity contribution in [2.24, 2.45) is 0 Å². The monoisotopic (exact) mass is 308 g/mol. The highest BCUT2D eigenvalue weighted by atomic mass is 32.2. The summed E-state index contributed by atoms with van der Waals surface area (Å²) < 4.78 is 28.4. The van der Waals surface area contributed by atoms with Crippen molar-refractivity contribution in [2.45, 2.75) is 12.3 Å². The molecule has 1 aromatic heterocycles. The summed E-state index contributed by atoms with van der Waals surface area (Å²) in [5.74, 6) is -0.699. The number of carbonyl (C=O) groups is 1. The maximum atomic E-state index is 11.5. The third-order valence-corrected chi connectivity index (χ3v) is 5.15. The van der Waals surface area contributed by atoms with Crippen LogP contribution in [0.4, 0.5) is 0 Å². The largest absolute Gasteiger partial charge is 0.478 e. The van der Waals surface area contributed by atoms with Gasteiger partial charge in [-0.2, -0.15) is 0 Å². The number of carboxylic acids is 1. The minimum atomic E-state index is -3.02. The summed E-state index contributed by atoms with van der Waals surface area (Å²) in [6, 6.07) is 6.15. The van der Waals surface area contributed by atoms with Crippen molar-refractivity contribution in [1.82, 2.24) is 10.2 Å². The Morgan fingerprint density at radius 3 is 2.81 bits per heavy atom. The zero-order valence-electron chi connectivity index (χ0n) is 10.9. The Labute approximate surface area is 120 Å². The van der Waals surface area contributed by atoms with Crippen molar-refractivity contribution < 1.29 is 22.7 Å². The number of carboxylic acid groups (broad SMARTS) is 1. The third kappa shape index (κ3) is 2.80. The van der Waals surface area contributed by atoms with Crippen molar-refractivity contribution in [2.75, 3.05) is 11.5 Å². The van der Waals surface area contributed by atoms with E-state index in [0.29, 0.717) is 12.0 Å². The van der Waals surface area contributed by atoms with Gasteiger partial charge in [-0.05, 0) is 24.6 Å². The Bertz CT molecular complexity index is 796. The van der Waals surface area contributed by atoms with Gasteiger partial charge >= 0.3 is 5.97 Å². The molecular formula is C13H12N2O5S. The van der Waals surface area contributed by atoms with Gasteiger partial charge < -0.3 is 9.52 Å². The highest BCUT2D eigenvalue weighted by Crippen LogP contribution is 2.30. The molecule has 2 heterocycles. The molecule has 0 saturated carbocycles. The Kier molecular flexibility index (Phi) is 3.25. The van der Waals surface area contributed by atoms with Crippen LogP contribution >= 0.6 is 0 Å². The molecule has 7 nitrogen and oxygen atoms in total. The summed E-state index contributed by atoms with van der Waals surface area (Å²) in [4.78, 5) is 10.9. The van der Waals surface area contributed by atoms with Crippen LogP contribution in [0.2, 0.25) is 0 Å². The van der Waals surface area contributed by atoms with Crippen LogP contribution < -0.4 is 0 Å². The van der Waals surface area contributed by atoms with Crippen LogP contribution in [-0.2, 0) is 9.84 Å². The summed E-state index contributed by atoms with van der Waals surface area (Å²) >= 11 is 0. The summed E-state index contributed by atoms with van der Waals surface area (Å²) in [5, 5.41) is 16.7. The van der Waals surface area contributed by atoms with E-state index in [9.17, 15) is 13.2 Å². The Balaban J connectivity index is 1.89. The van der Waals surface area contributed by atoms with E-state index in [-0.39, 0.29) is 34.8 Å². The van der Waals surface area contributed by atoms with Crippen LogP contribution in [0.3, 0.4) is 0 Å². The zero-order chi connectivity index (χ0) is 15.0. The molecule has 1 fully saturated rings. The molecule has 8 heteroatoms. The molecule has 1 aliphatic heterocycles. The van der Waals surface area contributed by atoms with E-state index in [4.69, 9.17) is 9.52 Å². The molecule has 1 aromatic carbocycles. The van der Waals surface area contributed by atoms with Gasteiger partial charge in [0.05, 0.1) is 23.0 Å². The summed E-state index contributed by atoms with van der Waals surface area (Å²) in [5.41, 5.74) is 0.616. The Morgan fingerprint density at radius 2 is 2.14 bits per heavy atom. The van der Waals surface area contributed by atoms with Crippen molar-refractivity contribution in [1.29, 1.82) is 0 Å². The molecule has 0 spiro atoms. The first kappa shape index (κ1) is 13.7. The second-order valence-electron chi connectivity index (χ2n) is 4.93. The molecule has 1 atom stereocenters. The number of sulfone groups is 1. The van der Waals surface area contributed by atoms with Gasteiger partial charge in [-0.15, -0.1) is 10.2 Å². The normalized spacial score (nSPS) is 20.5. The van der Waals surface area contributed by atoms with Crippen LogP contribution in [0.15, 0.2) is 28.7 Å². The lowest BCUT2D eigenvalue weighted by atomic mass is 10.1.